The zero-order chi connectivity index (χ0) is 17.4. The highest BCUT2D eigenvalue weighted by Gasteiger charge is 2.35. The van der Waals surface area contributed by atoms with Crippen molar-refractivity contribution >= 4 is 18.0 Å². The summed E-state index contributed by atoms with van der Waals surface area (Å²) < 4.78 is 9.85. The number of nitrogens with one attached hydrogen (secondary N) is 1. The number of rotatable bonds is 7. The van der Waals surface area contributed by atoms with Crippen molar-refractivity contribution in [2.24, 2.45) is 5.92 Å². The van der Waals surface area contributed by atoms with Gasteiger partial charge < -0.3 is 19.9 Å². The lowest BCUT2D eigenvalue weighted by Crippen LogP contribution is -2.51. The average Bonchev–Trinajstić information content (AvgIpc) is 2.49. The van der Waals surface area contributed by atoms with Crippen molar-refractivity contribution < 1.29 is 29.0 Å². The first kappa shape index (κ1) is 18.5. The van der Waals surface area contributed by atoms with E-state index < -0.39 is 30.2 Å². The Hall–Kier alpha value is -2.57. The summed E-state index contributed by atoms with van der Waals surface area (Å²) in [5.74, 6) is -2.34. The monoisotopic (exact) mass is 323 g/mol. The maximum atomic E-state index is 11.9. The number of ether oxygens (including phenoxy) is 2. The number of carbonyl (C=O) groups excluding carboxylic acids is 2. The van der Waals surface area contributed by atoms with E-state index in [-0.39, 0.29) is 12.5 Å². The van der Waals surface area contributed by atoms with E-state index in [0.29, 0.717) is 0 Å². The number of hydrogen-bond acceptors (Lipinski definition) is 5. The largest absolute Gasteiger partial charge is 0.478 e. The summed E-state index contributed by atoms with van der Waals surface area (Å²) in [6.07, 6.45) is -2.25. The maximum absolute atomic E-state index is 11.9. The smallest absolute Gasteiger partial charge is 0.407 e. The van der Waals surface area contributed by atoms with Crippen molar-refractivity contribution in [1.82, 2.24) is 5.32 Å². The van der Waals surface area contributed by atoms with E-state index in [1.54, 1.807) is 26.0 Å². The molecule has 0 aliphatic rings. The molecule has 0 bridgehead atoms. The second kappa shape index (κ2) is 8.77. The van der Waals surface area contributed by atoms with Gasteiger partial charge in [-0.3, -0.25) is 4.79 Å². The summed E-state index contributed by atoms with van der Waals surface area (Å²) in [4.78, 5) is 34.2. The van der Waals surface area contributed by atoms with Crippen LogP contribution in [0, 0.1) is 5.92 Å². The lowest BCUT2D eigenvalue weighted by Gasteiger charge is -2.27. The average molecular weight is 323 g/mol. The zero-order valence-corrected chi connectivity index (χ0v) is 13.3. The van der Waals surface area contributed by atoms with Crippen LogP contribution in [0.1, 0.15) is 26.3 Å². The Morgan fingerprint density at radius 3 is 2.26 bits per heavy atom. The molecule has 1 aromatic rings. The fourth-order valence-electron chi connectivity index (χ4n) is 1.95. The molecule has 126 valence electrons. The van der Waals surface area contributed by atoms with Crippen LogP contribution >= 0.6 is 0 Å². The summed E-state index contributed by atoms with van der Waals surface area (Å²) >= 11 is 0. The van der Waals surface area contributed by atoms with Crippen LogP contribution in [-0.4, -0.2) is 35.3 Å². The molecule has 0 aromatic heterocycles. The predicted octanol–water partition coefficient (Wildman–Crippen LogP) is 1.95. The molecule has 7 nitrogen and oxygen atoms in total. The van der Waals surface area contributed by atoms with E-state index in [4.69, 9.17) is 9.47 Å². The van der Waals surface area contributed by atoms with Crippen molar-refractivity contribution in [3.8, 4) is 0 Å². The Morgan fingerprint density at radius 1 is 1.17 bits per heavy atom. The predicted molar refractivity (Wildman–Crippen MR) is 81.6 cm³/mol. The molecule has 0 saturated heterocycles. The van der Waals surface area contributed by atoms with Gasteiger partial charge in [-0.15, -0.1) is 0 Å². The summed E-state index contributed by atoms with van der Waals surface area (Å²) in [5.41, 5.74) is 0.804. The van der Waals surface area contributed by atoms with Gasteiger partial charge in [0.2, 0.25) is 6.10 Å². The molecule has 0 aliphatic heterocycles. The zero-order valence-electron chi connectivity index (χ0n) is 13.3. The van der Waals surface area contributed by atoms with Gasteiger partial charge in [0.05, 0.1) is 6.04 Å². The molecule has 0 unspecified atom stereocenters. The molecule has 0 spiro atoms. The number of aliphatic carboxylic acids is 1. The fourth-order valence-corrected chi connectivity index (χ4v) is 1.95. The number of carbonyl (C=O) groups is 3. The van der Waals surface area contributed by atoms with Crippen molar-refractivity contribution in [2.75, 3.05) is 0 Å². The van der Waals surface area contributed by atoms with Gasteiger partial charge in [0.15, 0.2) is 0 Å². The first-order valence-corrected chi connectivity index (χ1v) is 7.18. The van der Waals surface area contributed by atoms with Crippen LogP contribution in [0.25, 0.3) is 0 Å². The highest BCUT2D eigenvalue weighted by atomic mass is 16.6. The topological polar surface area (TPSA) is 102 Å². The van der Waals surface area contributed by atoms with E-state index in [9.17, 15) is 19.5 Å². The fraction of sp³-hybridized carbons (Fsp3) is 0.438. The minimum Gasteiger partial charge on any atom is -0.478 e. The number of benzene rings is 1. The second-order valence-electron chi connectivity index (χ2n) is 5.34. The van der Waals surface area contributed by atoms with Crippen LogP contribution in [0.4, 0.5) is 4.79 Å². The first-order valence-electron chi connectivity index (χ1n) is 7.18. The van der Waals surface area contributed by atoms with Crippen molar-refractivity contribution in [3.63, 3.8) is 0 Å². The van der Waals surface area contributed by atoms with Gasteiger partial charge in [-0.25, -0.2) is 9.59 Å². The van der Waals surface area contributed by atoms with Crippen LogP contribution in [0.5, 0.6) is 0 Å². The number of amides is 1. The summed E-state index contributed by atoms with van der Waals surface area (Å²) in [7, 11) is 0. The van der Waals surface area contributed by atoms with Crippen molar-refractivity contribution in [2.45, 2.75) is 39.5 Å². The highest BCUT2D eigenvalue weighted by molar-refractivity contribution is 5.79. The molecule has 1 amide bonds. The van der Waals surface area contributed by atoms with Crippen LogP contribution < -0.4 is 5.32 Å². The van der Waals surface area contributed by atoms with Crippen molar-refractivity contribution in [1.29, 1.82) is 0 Å². The van der Waals surface area contributed by atoms with Gasteiger partial charge in [0, 0.05) is 6.92 Å². The highest BCUT2D eigenvalue weighted by Crippen LogP contribution is 2.12. The molecular weight excluding hydrogens is 302 g/mol. The summed E-state index contributed by atoms with van der Waals surface area (Å²) in [6, 6.07) is 8.16. The summed E-state index contributed by atoms with van der Waals surface area (Å²) in [6.45, 7) is 4.59. The lowest BCUT2D eigenvalue weighted by molar-refractivity contribution is -0.165. The van der Waals surface area contributed by atoms with Gasteiger partial charge in [-0.05, 0) is 11.5 Å². The van der Waals surface area contributed by atoms with Gasteiger partial charge in [-0.2, -0.15) is 0 Å². The molecule has 1 aromatic carbocycles. The summed E-state index contributed by atoms with van der Waals surface area (Å²) in [5, 5.41) is 11.6. The Bertz CT molecular complexity index is 543. The maximum Gasteiger partial charge on any atom is 0.407 e. The normalized spacial score (nSPS) is 13.0. The van der Waals surface area contributed by atoms with Crippen molar-refractivity contribution in [3.05, 3.63) is 35.9 Å². The van der Waals surface area contributed by atoms with Crippen LogP contribution in [0.3, 0.4) is 0 Å². The molecular formula is C16H21NO6. The van der Waals surface area contributed by atoms with E-state index in [1.807, 2.05) is 18.2 Å². The van der Waals surface area contributed by atoms with E-state index in [1.165, 1.54) is 0 Å². The number of carboxylic acid groups (broad SMARTS) is 1. The number of esters is 1. The van der Waals surface area contributed by atoms with E-state index in [2.05, 4.69) is 5.32 Å². The lowest BCUT2D eigenvalue weighted by atomic mass is 9.98. The van der Waals surface area contributed by atoms with Crippen LogP contribution in [0.15, 0.2) is 30.3 Å². The molecule has 2 N–H and O–H groups in total. The third-order valence-corrected chi connectivity index (χ3v) is 3.08. The van der Waals surface area contributed by atoms with E-state index >= 15 is 0 Å². The molecule has 2 atom stereocenters. The molecule has 1 rings (SSSR count). The molecule has 23 heavy (non-hydrogen) atoms. The Balaban J connectivity index is 2.68. The number of hydrogen-bond donors (Lipinski definition) is 2. The number of carboxylic acids is 1. The molecule has 7 heteroatoms. The van der Waals surface area contributed by atoms with Crippen LogP contribution in [-0.2, 0) is 25.7 Å². The Labute approximate surface area is 134 Å². The molecule has 0 aliphatic carbocycles. The minimum absolute atomic E-state index is 0.0583. The second-order valence-corrected chi connectivity index (χ2v) is 5.34. The first-order chi connectivity index (χ1) is 10.8. The van der Waals surface area contributed by atoms with E-state index in [0.717, 1.165) is 12.5 Å². The molecule has 0 saturated carbocycles. The third-order valence-electron chi connectivity index (χ3n) is 3.08. The molecule has 0 radical (unpaired) electrons. The Kier molecular flexibility index (Phi) is 7.05. The number of alkyl carbamates (subject to hydrolysis) is 1. The third kappa shape index (κ3) is 6.37. The van der Waals surface area contributed by atoms with Crippen LogP contribution in [0.2, 0.25) is 0 Å². The van der Waals surface area contributed by atoms with Gasteiger partial charge in [-0.1, -0.05) is 44.2 Å². The Morgan fingerprint density at radius 2 is 1.78 bits per heavy atom. The van der Waals surface area contributed by atoms with Gasteiger partial charge >= 0.3 is 18.0 Å². The van der Waals surface area contributed by atoms with Gasteiger partial charge in [0.1, 0.15) is 6.61 Å². The minimum atomic E-state index is -1.48. The standard InChI is InChI=1S/C16H21NO6/c1-10(2)13(14(15(19)20)23-11(3)18)17-16(21)22-9-12-7-5-4-6-8-12/h4-8,10,13-14H,9H2,1-3H3,(H,17,21)(H,19,20)/t13-,14+/m0/s1. The molecule has 0 fully saturated rings. The quantitative estimate of drug-likeness (QED) is 0.744. The SMILES string of the molecule is CC(=O)O[C@@H](C(=O)O)[C@@H](NC(=O)OCc1ccccc1)C(C)C. The molecule has 0 heterocycles. The van der Waals surface area contributed by atoms with Gasteiger partial charge in [0.25, 0.3) is 0 Å².